The summed E-state index contributed by atoms with van der Waals surface area (Å²) in [4.78, 5) is 1.99. The van der Waals surface area contributed by atoms with E-state index in [1.165, 1.54) is 0 Å². The van der Waals surface area contributed by atoms with Crippen molar-refractivity contribution in [3.05, 3.63) is 28.8 Å². The van der Waals surface area contributed by atoms with Gasteiger partial charge in [0.15, 0.2) is 9.84 Å². The van der Waals surface area contributed by atoms with E-state index in [-0.39, 0.29) is 18.1 Å². The average Bonchev–Trinajstić information content (AvgIpc) is 2.50. The topological polar surface area (TPSA) is 57.6 Å². The Morgan fingerprint density at radius 3 is 2.78 bits per heavy atom. The highest BCUT2D eigenvalue weighted by atomic mass is 35.5. The SMILES string of the molecule is O=S1(=O)CCCN(c2cc(Cl)ccc2CO)CC1. The van der Waals surface area contributed by atoms with Crippen molar-refractivity contribution in [2.24, 2.45) is 0 Å². The number of benzene rings is 1. The normalized spacial score (nSPS) is 19.6. The second kappa shape index (κ2) is 5.47. The molecule has 6 heteroatoms. The van der Waals surface area contributed by atoms with E-state index >= 15 is 0 Å². The van der Waals surface area contributed by atoms with Crippen molar-refractivity contribution in [2.45, 2.75) is 13.0 Å². The van der Waals surface area contributed by atoms with Crippen molar-refractivity contribution < 1.29 is 13.5 Å². The van der Waals surface area contributed by atoms with Gasteiger partial charge in [-0.2, -0.15) is 0 Å². The van der Waals surface area contributed by atoms with Crippen molar-refractivity contribution in [1.82, 2.24) is 0 Å². The maximum absolute atomic E-state index is 11.6. The molecule has 0 radical (unpaired) electrons. The molecule has 0 aliphatic carbocycles. The van der Waals surface area contributed by atoms with Gasteiger partial charge < -0.3 is 10.0 Å². The molecule has 1 aliphatic heterocycles. The molecule has 100 valence electrons. The highest BCUT2D eigenvalue weighted by Gasteiger charge is 2.20. The Kier molecular flexibility index (Phi) is 4.14. The van der Waals surface area contributed by atoms with Gasteiger partial charge in [-0.15, -0.1) is 0 Å². The Balaban J connectivity index is 2.28. The summed E-state index contributed by atoms with van der Waals surface area (Å²) in [5.74, 6) is 0.392. The van der Waals surface area contributed by atoms with Crippen LogP contribution < -0.4 is 4.90 Å². The Morgan fingerprint density at radius 2 is 2.06 bits per heavy atom. The van der Waals surface area contributed by atoms with Crippen molar-refractivity contribution in [3.63, 3.8) is 0 Å². The number of anilines is 1. The molecule has 0 bridgehead atoms. The van der Waals surface area contributed by atoms with Crippen LogP contribution in [0.15, 0.2) is 18.2 Å². The minimum Gasteiger partial charge on any atom is -0.392 e. The molecule has 1 aliphatic rings. The summed E-state index contributed by atoms with van der Waals surface area (Å²) in [6.45, 7) is 1.05. The lowest BCUT2D eigenvalue weighted by atomic mass is 10.1. The molecule has 1 saturated heterocycles. The van der Waals surface area contributed by atoms with Gasteiger partial charge in [0.05, 0.1) is 18.1 Å². The molecule has 1 aromatic rings. The first-order chi connectivity index (χ1) is 8.52. The quantitative estimate of drug-likeness (QED) is 0.895. The highest BCUT2D eigenvalue weighted by Crippen LogP contribution is 2.26. The van der Waals surface area contributed by atoms with Gasteiger partial charge in [0.1, 0.15) is 0 Å². The summed E-state index contributed by atoms with van der Waals surface area (Å²) in [5, 5.41) is 9.92. The Bertz CT molecular complexity index is 530. The van der Waals surface area contributed by atoms with Gasteiger partial charge in [-0.1, -0.05) is 17.7 Å². The predicted octanol–water partition coefficient (Wildman–Crippen LogP) is 1.46. The zero-order chi connectivity index (χ0) is 13.2. The summed E-state index contributed by atoms with van der Waals surface area (Å²) in [5.41, 5.74) is 1.61. The van der Waals surface area contributed by atoms with Gasteiger partial charge in [0.25, 0.3) is 0 Å². The van der Waals surface area contributed by atoms with Crippen LogP contribution in [0, 0.1) is 0 Å². The Morgan fingerprint density at radius 1 is 1.28 bits per heavy atom. The second-order valence-electron chi connectivity index (χ2n) is 4.42. The zero-order valence-electron chi connectivity index (χ0n) is 9.97. The largest absolute Gasteiger partial charge is 0.392 e. The number of sulfone groups is 1. The Labute approximate surface area is 112 Å². The molecule has 0 saturated carbocycles. The lowest BCUT2D eigenvalue weighted by Crippen LogP contribution is -2.27. The maximum atomic E-state index is 11.6. The van der Waals surface area contributed by atoms with Gasteiger partial charge >= 0.3 is 0 Å². The first-order valence-corrected chi connectivity index (χ1v) is 8.06. The third-order valence-corrected chi connectivity index (χ3v) is 5.06. The third kappa shape index (κ3) is 3.16. The van der Waals surface area contributed by atoms with Crippen LogP contribution in [0.1, 0.15) is 12.0 Å². The molecule has 1 aromatic carbocycles. The van der Waals surface area contributed by atoms with Crippen LogP contribution in [0.2, 0.25) is 5.02 Å². The molecule has 2 rings (SSSR count). The number of halogens is 1. The third-order valence-electron chi connectivity index (χ3n) is 3.11. The van der Waals surface area contributed by atoms with E-state index in [0.29, 0.717) is 24.5 Å². The Hall–Kier alpha value is -0.780. The summed E-state index contributed by atoms with van der Waals surface area (Å²) in [7, 11) is -2.93. The molecule has 0 unspecified atom stereocenters. The first-order valence-electron chi connectivity index (χ1n) is 5.86. The number of hydrogen-bond acceptors (Lipinski definition) is 4. The molecule has 1 heterocycles. The van der Waals surface area contributed by atoms with Crippen LogP contribution in [-0.4, -0.2) is 38.1 Å². The van der Waals surface area contributed by atoms with Crippen LogP contribution >= 0.6 is 11.6 Å². The van der Waals surface area contributed by atoms with Gasteiger partial charge in [-0.25, -0.2) is 8.42 Å². The molecule has 0 spiro atoms. The van der Waals surface area contributed by atoms with Crippen LogP contribution in [0.3, 0.4) is 0 Å². The fourth-order valence-electron chi connectivity index (χ4n) is 2.14. The van der Waals surface area contributed by atoms with Crippen molar-refractivity contribution >= 4 is 27.1 Å². The summed E-state index contributed by atoms with van der Waals surface area (Å²) in [6, 6.07) is 5.28. The molecule has 1 N–H and O–H groups in total. The van der Waals surface area contributed by atoms with E-state index < -0.39 is 9.84 Å². The van der Waals surface area contributed by atoms with E-state index in [4.69, 9.17) is 11.6 Å². The molecule has 0 atom stereocenters. The highest BCUT2D eigenvalue weighted by molar-refractivity contribution is 7.91. The smallest absolute Gasteiger partial charge is 0.152 e. The number of aliphatic hydroxyl groups is 1. The molecule has 0 aromatic heterocycles. The van der Waals surface area contributed by atoms with Crippen molar-refractivity contribution in [1.29, 1.82) is 0 Å². The van der Waals surface area contributed by atoms with E-state index in [1.54, 1.807) is 18.2 Å². The van der Waals surface area contributed by atoms with Crippen molar-refractivity contribution in [2.75, 3.05) is 29.5 Å². The number of rotatable bonds is 2. The lowest BCUT2D eigenvalue weighted by Gasteiger charge is -2.24. The molecule has 4 nitrogen and oxygen atoms in total. The zero-order valence-corrected chi connectivity index (χ0v) is 11.5. The second-order valence-corrected chi connectivity index (χ2v) is 7.16. The fraction of sp³-hybridized carbons (Fsp3) is 0.500. The summed E-state index contributed by atoms with van der Waals surface area (Å²) >= 11 is 5.96. The minimum atomic E-state index is -2.93. The van der Waals surface area contributed by atoms with Crippen LogP contribution in [0.4, 0.5) is 5.69 Å². The van der Waals surface area contributed by atoms with E-state index in [1.807, 2.05) is 4.90 Å². The van der Waals surface area contributed by atoms with Gasteiger partial charge in [-0.05, 0) is 18.6 Å². The van der Waals surface area contributed by atoms with E-state index in [0.717, 1.165) is 11.3 Å². The lowest BCUT2D eigenvalue weighted by molar-refractivity contribution is 0.282. The van der Waals surface area contributed by atoms with Gasteiger partial charge in [-0.3, -0.25) is 0 Å². The fourth-order valence-corrected chi connectivity index (χ4v) is 3.58. The average molecular weight is 290 g/mol. The number of aliphatic hydroxyl groups excluding tert-OH is 1. The molecule has 18 heavy (non-hydrogen) atoms. The standard InChI is InChI=1S/C12H16ClNO3S/c13-11-3-2-10(9-15)12(8-11)14-4-1-6-18(16,17)7-5-14/h2-3,8,15H,1,4-7,9H2. The molecule has 1 fully saturated rings. The molecular formula is C12H16ClNO3S. The van der Waals surface area contributed by atoms with E-state index in [2.05, 4.69) is 0 Å². The van der Waals surface area contributed by atoms with Gasteiger partial charge in [0, 0.05) is 29.4 Å². The molecular weight excluding hydrogens is 274 g/mol. The summed E-state index contributed by atoms with van der Waals surface area (Å²) < 4.78 is 23.1. The van der Waals surface area contributed by atoms with Crippen molar-refractivity contribution in [3.8, 4) is 0 Å². The molecule has 0 amide bonds. The first kappa shape index (κ1) is 13.6. The van der Waals surface area contributed by atoms with Gasteiger partial charge in [0.2, 0.25) is 0 Å². The van der Waals surface area contributed by atoms with Crippen LogP contribution in [0.25, 0.3) is 0 Å². The number of hydrogen-bond donors (Lipinski definition) is 1. The minimum absolute atomic E-state index is 0.0737. The number of nitrogens with zero attached hydrogens (tertiary/aromatic N) is 1. The monoisotopic (exact) mass is 289 g/mol. The predicted molar refractivity (Wildman–Crippen MR) is 72.9 cm³/mol. The maximum Gasteiger partial charge on any atom is 0.152 e. The van der Waals surface area contributed by atoms with Crippen LogP contribution in [-0.2, 0) is 16.4 Å². The van der Waals surface area contributed by atoms with Crippen LogP contribution in [0.5, 0.6) is 0 Å². The summed E-state index contributed by atoms with van der Waals surface area (Å²) in [6.07, 6.45) is 0.611. The van der Waals surface area contributed by atoms with E-state index in [9.17, 15) is 13.5 Å².